The van der Waals surface area contributed by atoms with E-state index in [-0.39, 0.29) is 17.8 Å². The lowest BCUT2D eigenvalue weighted by Crippen LogP contribution is -2.69. The number of nitrogens with one attached hydrogen (secondary N) is 1. The van der Waals surface area contributed by atoms with Crippen LogP contribution >= 0.6 is 11.8 Å². The Morgan fingerprint density at radius 2 is 2.00 bits per heavy atom. The molecule has 11 heteroatoms. The second-order valence-corrected chi connectivity index (χ2v) is 9.69. The molecule has 10 nitrogen and oxygen atoms in total. The van der Waals surface area contributed by atoms with Gasteiger partial charge in [0.2, 0.25) is 11.8 Å². The Morgan fingerprint density at radius 1 is 1.27 bits per heavy atom. The van der Waals surface area contributed by atoms with Crippen LogP contribution < -0.4 is 11.1 Å². The van der Waals surface area contributed by atoms with Gasteiger partial charge in [0.05, 0.1) is 19.0 Å². The minimum Gasteiger partial charge on any atom is -0.463 e. The molecule has 0 aliphatic carbocycles. The number of rotatable bonds is 6. The number of carbonyl (C=O) groups is 4. The molecule has 0 radical (unpaired) electrons. The minimum atomic E-state index is -1.08. The second kappa shape index (κ2) is 9.21. The number of hydrogen-bond donors (Lipinski definition) is 2. The first-order valence-electron chi connectivity index (χ1n) is 10.2. The average Bonchev–Trinajstić information content (AvgIpc) is 3.05. The first kappa shape index (κ1) is 23.0. The normalized spacial score (nSPS) is 31.2. The Bertz CT molecular complexity index is 721. The summed E-state index contributed by atoms with van der Waals surface area (Å²) < 4.78 is 4.59. The lowest BCUT2D eigenvalue weighted by Gasteiger charge is -2.44. The van der Waals surface area contributed by atoms with Gasteiger partial charge in [-0.25, -0.2) is 4.79 Å². The number of esters is 1. The van der Waals surface area contributed by atoms with Gasteiger partial charge in [-0.15, -0.1) is 11.8 Å². The predicted molar refractivity (Wildman–Crippen MR) is 111 cm³/mol. The van der Waals surface area contributed by atoms with Crippen LogP contribution in [0.1, 0.15) is 32.1 Å². The Hall–Kier alpha value is -1.69. The molecule has 3 heterocycles. The molecular formula is C19H31N5O5S. The van der Waals surface area contributed by atoms with Crippen molar-refractivity contribution in [3.63, 3.8) is 0 Å². The zero-order chi connectivity index (χ0) is 22.1. The summed E-state index contributed by atoms with van der Waals surface area (Å²) in [5.74, 6) is -2.48. The molecule has 0 saturated carbocycles. The summed E-state index contributed by atoms with van der Waals surface area (Å²) in [6, 6.07) is -0.756. The lowest BCUT2D eigenvalue weighted by atomic mass is 10.1. The quantitative estimate of drug-likeness (QED) is 0.301. The lowest BCUT2D eigenvalue weighted by molar-refractivity contribution is -0.153. The van der Waals surface area contributed by atoms with E-state index >= 15 is 0 Å². The topological polar surface area (TPSA) is 125 Å². The number of Topliss-reactive ketones (excluding diaryl/α,β-unsaturated/α-hetero) is 1. The van der Waals surface area contributed by atoms with Gasteiger partial charge in [-0.1, -0.05) is 0 Å². The second-order valence-electron chi connectivity index (χ2n) is 8.41. The molecule has 4 atom stereocenters. The van der Waals surface area contributed by atoms with Gasteiger partial charge in [-0.05, 0) is 52.7 Å². The first-order valence-corrected chi connectivity index (χ1v) is 11.2. The third-order valence-electron chi connectivity index (χ3n) is 6.06. The zero-order valence-corrected chi connectivity index (χ0v) is 18.6. The number of fused-ring (bicyclic) bond motifs is 1. The molecule has 3 rings (SSSR count). The summed E-state index contributed by atoms with van der Waals surface area (Å²) in [7, 11) is 4.92. The summed E-state index contributed by atoms with van der Waals surface area (Å²) >= 11 is 1.24. The highest BCUT2D eigenvalue weighted by Crippen LogP contribution is 2.34. The summed E-state index contributed by atoms with van der Waals surface area (Å²) in [6.07, 6.45) is 3.85. The van der Waals surface area contributed by atoms with Gasteiger partial charge in [0, 0.05) is 6.54 Å². The van der Waals surface area contributed by atoms with E-state index in [4.69, 9.17) is 5.73 Å². The number of piperazine rings is 1. The van der Waals surface area contributed by atoms with E-state index < -0.39 is 34.7 Å². The number of ketones is 1. The van der Waals surface area contributed by atoms with Crippen molar-refractivity contribution < 1.29 is 23.9 Å². The molecule has 0 aromatic carbocycles. The SMILES string of the molecule is COC(=O)C(=O)C(NC(=O)C1CCC2(N)CN(C)CC(=O)N12)SC1CCCCN1C. The molecule has 0 bridgehead atoms. The Kier molecular flexibility index (Phi) is 7.05. The zero-order valence-electron chi connectivity index (χ0n) is 17.8. The smallest absolute Gasteiger partial charge is 0.377 e. The molecule has 3 N–H and O–H groups in total. The maximum Gasteiger partial charge on any atom is 0.377 e. The number of methoxy groups -OCH3 is 1. The maximum absolute atomic E-state index is 13.1. The number of nitrogens with zero attached hydrogens (tertiary/aromatic N) is 3. The largest absolute Gasteiger partial charge is 0.463 e. The van der Waals surface area contributed by atoms with Crippen LogP contribution in [-0.4, -0.2) is 102 Å². The van der Waals surface area contributed by atoms with E-state index in [1.165, 1.54) is 16.7 Å². The molecule has 168 valence electrons. The summed E-state index contributed by atoms with van der Waals surface area (Å²) in [4.78, 5) is 55.7. The Morgan fingerprint density at radius 3 is 2.67 bits per heavy atom. The number of piperidine rings is 1. The van der Waals surface area contributed by atoms with Gasteiger partial charge >= 0.3 is 5.97 Å². The molecule has 3 aliphatic rings. The van der Waals surface area contributed by atoms with Crippen LogP contribution in [0.15, 0.2) is 0 Å². The molecular weight excluding hydrogens is 410 g/mol. The molecule has 3 aliphatic heterocycles. The number of likely N-dealkylation sites (N-methyl/N-ethyl adjacent to an activating group) is 1. The third-order valence-corrected chi connectivity index (χ3v) is 7.57. The summed E-state index contributed by atoms with van der Waals surface area (Å²) in [6.45, 7) is 1.56. The fraction of sp³-hybridized carbons (Fsp3) is 0.789. The molecule has 0 aromatic rings. The molecule has 3 fully saturated rings. The predicted octanol–water partition coefficient (Wildman–Crippen LogP) is -1.06. The van der Waals surface area contributed by atoms with Crippen molar-refractivity contribution in [3.05, 3.63) is 0 Å². The van der Waals surface area contributed by atoms with Crippen molar-refractivity contribution in [2.24, 2.45) is 5.73 Å². The summed E-state index contributed by atoms with van der Waals surface area (Å²) in [5.41, 5.74) is 5.53. The highest BCUT2D eigenvalue weighted by molar-refractivity contribution is 8.01. The Balaban J connectivity index is 1.75. The third kappa shape index (κ3) is 4.63. The number of carbonyl (C=O) groups excluding carboxylic acids is 4. The van der Waals surface area contributed by atoms with E-state index in [0.717, 1.165) is 32.9 Å². The van der Waals surface area contributed by atoms with Crippen LogP contribution in [0.3, 0.4) is 0 Å². The molecule has 0 aromatic heterocycles. The van der Waals surface area contributed by atoms with Crippen LogP contribution in [0.2, 0.25) is 0 Å². The number of likely N-dealkylation sites (tertiary alicyclic amines) is 1. The van der Waals surface area contributed by atoms with Crippen LogP contribution in [-0.2, 0) is 23.9 Å². The Labute approximate surface area is 180 Å². The summed E-state index contributed by atoms with van der Waals surface area (Å²) in [5, 5.41) is 1.63. The van der Waals surface area contributed by atoms with E-state index in [1.54, 1.807) is 0 Å². The number of amides is 2. The van der Waals surface area contributed by atoms with Gasteiger partial charge in [0.15, 0.2) is 0 Å². The van der Waals surface area contributed by atoms with Gasteiger partial charge in [0.25, 0.3) is 5.78 Å². The van der Waals surface area contributed by atoms with Gasteiger partial charge in [-0.2, -0.15) is 0 Å². The van der Waals surface area contributed by atoms with Crippen LogP contribution in [0.5, 0.6) is 0 Å². The van der Waals surface area contributed by atoms with E-state index in [0.29, 0.717) is 19.4 Å². The monoisotopic (exact) mass is 441 g/mol. The van der Waals surface area contributed by atoms with Crippen LogP contribution in [0, 0.1) is 0 Å². The molecule has 0 spiro atoms. The fourth-order valence-corrected chi connectivity index (χ4v) is 5.90. The fourth-order valence-electron chi connectivity index (χ4n) is 4.57. The highest BCUT2D eigenvalue weighted by atomic mass is 32.2. The average molecular weight is 442 g/mol. The van der Waals surface area contributed by atoms with Crippen molar-refractivity contribution in [1.29, 1.82) is 0 Å². The first-order chi connectivity index (χ1) is 14.2. The van der Waals surface area contributed by atoms with E-state index in [2.05, 4.69) is 15.0 Å². The van der Waals surface area contributed by atoms with Crippen molar-refractivity contribution in [1.82, 2.24) is 20.0 Å². The molecule has 4 unspecified atom stereocenters. The van der Waals surface area contributed by atoms with Gasteiger partial charge in [-0.3, -0.25) is 24.2 Å². The number of nitrogens with two attached hydrogens (primary N) is 1. The number of ether oxygens (including phenoxy) is 1. The molecule has 3 saturated heterocycles. The highest BCUT2D eigenvalue weighted by Gasteiger charge is 2.52. The molecule has 30 heavy (non-hydrogen) atoms. The van der Waals surface area contributed by atoms with Crippen LogP contribution in [0.4, 0.5) is 0 Å². The van der Waals surface area contributed by atoms with Gasteiger partial charge in [0.1, 0.15) is 17.1 Å². The van der Waals surface area contributed by atoms with Crippen molar-refractivity contribution >= 4 is 35.3 Å². The minimum absolute atomic E-state index is 0.0000940. The number of thioether (sulfide) groups is 1. The van der Waals surface area contributed by atoms with E-state index in [9.17, 15) is 19.2 Å². The standard InChI is InChI=1S/C19H31N5O5S/c1-22-10-13(25)24-12(7-8-19(24,20)11-22)16(27)21-17(15(26)18(28)29-3)30-14-6-4-5-9-23(14)2/h12,14,17H,4-11,20H2,1-3H3,(H,21,27). The van der Waals surface area contributed by atoms with Crippen molar-refractivity contribution in [3.8, 4) is 0 Å². The maximum atomic E-state index is 13.1. The molecule has 2 amide bonds. The number of hydrogen-bond acceptors (Lipinski definition) is 9. The van der Waals surface area contributed by atoms with Crippen molar-refractivity contribution in [2.45, 2.75) is 54.6 Å². The van der Waals surface area contributed by atoms with Crippen molar-refractivity contribution in [2.75, 3.05) is 40.8 Å². The van der Waals surface area contributed by atoms with E-state index in [1.807, 2.05) is 19.0 Å². The van der Waals surface area contributed by atoms with Gasteiger partial charge < -0.3 is 20.7 Å². The van der Waals surface area contributed by atoms with Crippen LogP contribution in [0.25, 0.3) is 0 Å².